The fraction of sp³-hybridized carbons (Fsp3) is 0.0769. The molecule has 0 saturated carbocycles. The highest BCUT2D eigenvalue weighted by Crippen LogP contribution is 2.44. The minimum absolute atomic E-state index is 0.0819. The molecule has 0 bridgehead atoms. The van der Waals surface area contributed by atoms with Crippen LogP contribution in [0, 0.1) is 5.82 Å². The molecule has 0 aliphatic carbocycles. The van der Waals surface area contributed by atoms with Gasteiger partial charge < -0.3 is 5.11 Å². The number of thioether (sulfide) groups is 1. The Morgan fingerprint density at radius 2 is 1.60 bits per heavy atom. The van der Waals surface area contributed by atoms with Gasteiger partial charge in [-0.3, -0.25) is 14.5 Å². The number of aromatic nitrogens is 2. The smallest absolute Gasteiger partial charge is 0.301 e. The van der Waals surface area contributed by atoms with Crippen LogP contribution in [0.25, 0.3) is 5.76 Å². The molecule has 4 aromatic rings. The number of hydrogen-bond acceptors (Lipinski definition) is 7. The van der Waals surface area contributed by atoms with E-state index in [4.69, 9.17) is 0 Å². The minimum atomic E-state index is -0.976. The van der Waals surface area contributed by atoms with Gasteiger partial charge in [0.2, 0.25) is 5.13 Å². The van der Waals surface area contributed by atoms with Gasteiger partial charge in [-0.05, 0) is 23.3 Å². The third kappa shape index (κ3) is 4.60. The van der Waals surface area contributed by atoms with Crippen LogP contribution >= 0.6 is 23.1 Å². The van der Waals surface area contributed by atoms with Crippen molar-refractivity contribution in [2.45, 2.75) is 16.1 Å². The summed E-state index contributed by atoms with van der Waals surface area (Å²) in [4.78, 5) is 27.6. The summed E-state index contributed by atoms with van der Waals surface area (Å²) in [6.45, 7) is 0. The van der Waals surface area contributed by atoms with Gasteiger partial charge in [0.15, 0.2) is 4.34 Å². The zero-order valence-corrected chi connectivity index (χ0v) is 19.8. The summed E-state index contributed by atoms with van der Waals surface area (Å²) in [6.07, 6.45) is 0. The van der Waals surface area contributed by atoms with Gasteiger partial charge in [-0.15, -0.1) is 10.2 Å². The normalized spacial score (nSPS) is 17.2. The molecule has 6 nitrogen and oxygen atoms in total. The molecule has 1 N–H and O–H groups in total. The van der Waals surface area contributed by atoms with E-state index >= 15 is 0 Å². The number of rotatable bonds is 6. The van der Waals surface area contributed by atoms with Gasteiger partial charge >= 0.3 is 5.91 Å². The summed E-state index contributed by atoms with van der Waals surface area (Å²) in [7, 11) is 0. The molecule has 1 fully saturated rings. The third-order valence-corrected chi connectivity index (χ3v) is 7.61. The molecule has 1 aromatic heterocycles. The fourth-order valence-corrected chi connectivity index (χ4v) is 5.64. The predicted molar refractivity (Wildman–Crippen MR) is 134 cm³/mol. The number of nitrogens with zero attached hydrogens (tertiary/aromatic N) is 3. The number of hydrogen-bond donors (Lipinski definition) is 1. The average Bonchev–Trinajstić information content (AvgIpc) is 3.46. The number of carbonyl (C=O) groups excluding carboxylic acids is 2. The van der Waals surface area contributed by atoms with Gasteiger partial charge in [0, 0.05) is 11.3 Å². The van der Waals surface area contributed by atoms with Crippen LogP contribution < -0.4 is 4.90 Å². The molecule has 1 aliphatic heterocycles. The van der Waals surface area contributed by atoms with Crippen LogP contribution in [0.15, 0.2) is 94.8 Å². The molecule has 9 heteroatoms. The molecule has 2 heterocycles. The Hall–Kier alpha value is -3.82. The van der Waals surface area contributed by atoms with E-state index in [9.17, 15) is 19.1 Å². The number of halogens is 1. The highest BCUT2D eigenvalue weighted by Gasteiger charge is 2.48. The van der Waals surface area contributed by atoms with Crippen molar-refractivity contribution in [3.8, 4) is 0 Å². The van der Waals surface area contributed by atoms with Crippen molar-refractivity contribution in [3.05, 3.63) is 113 Å². The number of aliphatic hydroxyl groups is 1. The molecule has 3 aromatic carbocycles. The molecular weight excluding hydrogens is 485 g/mol. The molecule has 1 unspecified atom stereocenters. The second kappa shape index (κ2) is 9.81. The first-order valence-electron chi connectivity index (χ1n) is 10.6. The van der Waals surface area contributed by atoms with Gasteiger partial charge in [-0.2, -0.15) is 0 Å². The summed E-state index contributed by atoms with van der Waals surface area (Å²) in [6, 6.07) is 22.9. The van der Waals surface area contributed by atoms with E-state index in [1.54, 1.807) is 30.3 Å². The highest BCUT2D eigenvalue weighted by atomic mass is 32.2. The Bertz CT molecular complexity index is 1410. The molecule has 1 atom stereocenters. The van der Waals surface area contributed by atoms with Crippen molar-refractivity contribution < 1.29 is 19.1 Å². The number of carbonyl (C=O) groups is 2. The quantitative estimate of drug-likeness (QED) is 0.121. The first-order valence-corrected chi connectivity index (χ1v) is 12.5. The monoisotopic (exact) mass is 503 g/mol. The molecule has 0 spiro atoms. The van der Waals surface area contributed by atoms with E-state index < -0.39 is 23.5 Å². The largest absolute Gasteiger partial charge is 0.507 e. The topological polar surface area (TPSA) is 83.4 Å². The van der Waals surface area contributed by atoms with Gasteiger partial charge in [-0.25, -0.2) is 4.39 Å². The van der Waals surface area contributed by atoms with E-state index in [-0.39, 0.29) is 16.5 Å². The standard InChI is InChI=1S/C26H18FN3O3S2/c27-19-13-11-17(12-14-19)21-20(22(31)18-9-5-2-6-10-18)23(32)24(33)30(21)25-28-29-26(35-25)34-15-16-7-3-1-4-8-16/h1-14,21,31H,15H2/b22-20+. The first-order chi connectivity index (χ1) is 17.0. The number of ketones is 1. The number of Topliss-reactive ketones (excluding diaryl/α,β-unsaturated/α-hetero) is 1. The molecular formula is C26H18FN3O3S2. The Morgan fingerprint density at radius 1 is 0.943 bits per heavy atom. The van der Waals surface area contributed by atoms with Gasteiger partial charge in [-0.1, -0.05) is 95.9 Å². The lowest BCUT2D eigenvalue weighted by Crippen LogP contribution is -2.29. The number of aliphatic hydroxyl groups excluding tert-OH is 1. The van der Waals surface area contributed by atoms with E-state index in [0.717, 1.165) is 5.56 Å². The van der Waals surface area contributed by atoms with Crippen molar-refractivity contribution in [3.63, 3.8) is 0 Å². The summed E-state index contributed by atoms with van der Waals surface area (Å²) < 4.78 is 14.3. The van der Waals surface area contributed by atoms with Crippen LogP contribution in [0.2, 0.25) is 0 Å². The summed E-state index contributed by atoms with van der Waals surface area (Å²) in [5.41, 5.74) is 1.90. The molecule has 1 saturated heterocycles. The number of amides is 1. The number of benzene rings is 3. The van der Waals surface area contributed by atoms with Crippen molar-refractivity contribution in [2.24, 2.45) is 0 Å². The van der Waals surface area contributed by atoms with Crippen molar-refractivity contribution >= 4 is 45.7 Å². The van der Waals surface area contributed by atoms with Crippen molar-refractivity contribution in [1.29, 1.82) is 0 Å². The van der Waals surface area contributed by atoms with E-state index in [1.807, 2.05) is 30.3 Å². The highest BCUT2D eigenvalue weighted by molar-refractivity contribution is 8.00. The van der Waals surface area contributed by atoms with Crippen LogP contribution in [-0.4, -0.2) is 27.0 Å². The molecule has 0 radical (unpaired) electrons. The van der Waals surface area contributed by atoms with E-state index in [2.05, 4.69) is 10.2 Å². The lowest BCUT2D eigenvalue weighted by molar-refractivity contribution is -0.132. The maximum Gasteiger partial charge on any atom is 0.301 e. The Labute approximate surface area is 208 Å². The Kier molecular flexibility index (Phi) is 6.43. The van der Waals surface area contributed by atoms with Crippen LogP contribution in [-0.2, 0) is 15.3 Å². The lowest BCUT2D eigenvalue weighted by Gasteiger charge is -2.22. The number of anilines is 1. The van der Waals surface area contributed by atoms with E-state index in [0.29, 0.717) is 21.2 Å². The van der Waals surface area contributed by atoms with Gasteiger partial charge in [0.1, 0.15) is 11.6 Å². The van der Waals surface area contributed by atoms with Crippen LogP contribution in [0.4, 0.5) is 9.52 Å². The van der Waals surface area contributed by atoms with Crippen LogP contribution in [0.3, 0.4) is 0 Å². The minimum Gasteiger partial charge on any atom is -0.507 e. The molecule has 1 amide bonds. The first kappa shape index (κ1) is 22.9. The SMILES string of the molecule is O=C1C(=O)N(c2nnc(SCc3ccccc3)s2)C(c2ccc(F)cc2)/C1=C(\O)c1ccccc1. The van der Waals surface area contributed by atoms with Gasteiger partial charge in [0.05, 0.1) is 11.6 Å². The Morgan fingerprint density at radius 3 is 2.29 bits per heavy atom. The maximum absolute atomic E-state index is 13.7. The van der Waals surface area contributed by atoms with Gasteiger partial charge in [0.25, 0.3) is 5.78 Å². The van der Waals surface area contributed by atoms with E-state index in [1.165, 1.54) is 52.3 Å². The summed E-state index contributed by atoms with van der Waals surface area (Å²) in [5, 5.41) is 19.6. The third-order valence-electron chi connectivity index (χ3n) is 5.48. The molecule has 35 heavy (non-hydrogen) atoms. The van der Waals surface area contributed by atoms with Crippen molar-refractivity contribution in [2.75, 3.05) is 4.90 Å². The molecule has 5 rings (SSSR count). The Balaban J connectivity index is 1.54. The lowest BCUT2D eigenvalue weighted by atomic mass is 9.95. The van der Waals surface area contributed by atoms with Crippen LogP contribution in [0.1, 0.15) is 22.7 Å². The fourth-order valence-electron chi connectivity index (χ4n) is 3.82. The average molecular weight is 504 g/mol. The van der Waals surface area contributed by atoms with Crippen LogP contribution in [0.5, 0.6) is 0 Å². The summed E-state index contributed by atoms with van der Waals surface area (Å²) in [5.74, 6) is -1.75. The zero-order chi connectivity index (χ0) is 24.4. The predicted octanol–water partition coefficient (Wildman–Crippen LogP) is 5.60. The second-order valence-electron chi connectivity index (χ2n) is 7.71. The van der Waals surface area contributed by atoms with Crippen molar-refractivity contribution in [1.82, 2.24) is 10.2 Å². The molecule has 1 aliphatic rings. The molecule has 174 valence electrons. The second-order valence-corrected chi connectivity index (χ2v) is 9.89. The zero-order valence-electron chi connectivity index (χ0n) is 18.2. The summed E-state index contributed by atoms with van der Waals surface area (Å²) >= 11 is 2.65. The maximum atomic E-state index is 13.7.